The van der Waals surface area contributed by atoms with Gasteiger partial charge >= 0.3 is 59.1 Å². The van der Waals surface area contributed by atoms with E-state index in [1.807, 2.05) is 30.3 Å². The first-order valence-electron chi connectivity index (χ1n) is 9.55. The Morgan fingerprint density at radius 1 is 0.970 bits per heavy atom. The maximum atomic E-state index is 10.8. The molecule has 158 valence electrons. The number of aromatic nitrogens is 1. The molecule has 0 N–H and O–H groups in total. The molecule has 0 unspecified atom stereocenters. The number of oxazole rings is 1. The second kappa shape index (κ2) is 12.2. The van der Waals surface area contributed by atoms with Gasteiger partial charge in [0, 0.05) is 16.5 Å². The van der Waals surface area contributed by atoms with Crippen LogP contribution in [0.5, 0.6) is 5.75 Å². The first kappa shape index (κ1) is 27.7. The molecule has 0 atom stereocenters. The first-order chi connectivity index (χ1) is 14.9. The molecule has 4 aromatic rings. The number of nitrogens with zero attached hydrogens (tertiary/aromatic N) is 1. The van der Waals surface area contributed by atoms with Gasteiger partial charge in [0.15, 0.2) is 5.58 Å². The number of hydrogen-bond donors (Lipinski definition) is 0. The van der Waals surface area contributed by atoms with Crippen LogP contribution in [0.25, 0.3) is 33.3 Å². The minimum Gasteiger partial charge on any atom is -0.549 e. The number of hydrogen-bond acceptors (Lipinski definition) is 7. The molecular formula is C23H16ClNNa2O6. The average Bonchev–Trinajstić information content (AvgIpc) is 3.15. The van der Waals surface area contributed by atoms with Gasteiger partial charge in [0.2, 0.25) is 5.89 Å². The van der Waals surface area contributed by atoms with E-state index in [-0.39, 0.29) is 78.6 Å². The van der Waals surface area contributed by atoms with Crippen LogP contribution < -0.4 is 74.1 Å². The van der Waals surface area contributed by atoms with Gasteiger partial charge in [-0.1, -0.05) is 23.7 Å². The number of rotatable bonds is 8. The molecule has 1 heterocycles. The normalized spacial score (nSPS) is 10.6. The molecule has 0 saturated carbocycles. The van der Waals surface area contributed by atoms with E-state index < -0.39 is 17.9 Å². The summed E-state index contributed by atoms with van der Waals surface area (Å²) in [5, 5.41) is 24.0. The number of carbonyl (C=O) groups excluding carboxylic acids is 2. The maximum absolute atomic E-state index is 10.8. The molecule has 0 aliphatic carbocycles. The predicted molar refractivity (Wildman–Crippen MR) is 110 cm³/mol. The Kier molecular flexibility index (Phi) is 10.2. The van der Waals surface area contributed by atoms with Crippen LogP contribution in [0.3, 0.4) is 0 Å². The summed E-state index contributed by atoms with van der Waals surface area (Å²) in [6.07, 6.45) is 0.128. The third-order valence-corrected chi connectivity index (χ3v) is 5.12. The molecule has 1 aromatic heterocycles. The Labute approximate surface area is 238 Å². The van der Waals surface area contributed by atoms with Gasteiger partial charge in [0.25, 0.3) is 0 Å². The second-order valence-electron chi connectivity index (χ2n) is 7.04. The first-order valence-corrected chi connectivity index (χ1v) is 9.93. The van der Waals surface area contributed by atoms with E-state index in [9.17, 15) is 19.8 Å². The van der Waals surface area contributed by atoms with Gasteiger partial charge in [-0.15, -0.1) is 0 Å². The number of aliphatic carboxylic acids is 2. The van der Waals surface area contributed by atoms with Crippen molar-refractivity contribution in [2.45, 2.75) is 12.8 Å². The van der Waals surface area contributed by atoms with Gasteiger partial charge < -0.3 is 29.0 Å². The van der Waals surface area contributed by atoms with E-state index in [2.05, 4.69) is 4.98 Å². The molecule has 33 heavy (non-hydrogen) atoms. The van der Waals surface area contributed by atoms with Gasteiger partial charge in [-0.3, -0.25) is 0 Å². The minimum absolute atomic E-state index is 0. The Morgan fingerprint density at radius 3 is 2.39 bits per heavy atom. The molecule has 3 aromatic carbocycles. The standard InChI is InChI=1S/C23H18ClNO6.2Na/c24-16-6-8-20-19(12-16)25-21(31-20)15-4-3-14-11-17(7-5-13(14)10-15)30-9-1-2-18(22(26)27)23(28)29;;/h3-8,10-12,18H,1-2,9H2,(H,26,27)(H,28,29);;/q;2*+1/p-2. The number of carboxylic acids is 2. The van der Waals surface area contributed by atoms with Crippen molar-refractivity contribution in [3.63, 3.8) is 0 Å². The Balaban J connectivity index is 0.00000193. The van der Waals surface area contributed by atoms with Crippen LogP contribution in [-0.4, -0.2) is 23.5 Å². The zero-order valence-electron chi connectivity index (χ0n) is 18.2. The average molecular weight is 484 g/mol. The summed E-state index contributed by atoms with van der Waals surface area (Å²) in [5.74, 6) is -3.85. The fraction of sp³-hybridized carbons (Fsp3) is 0.174. The summed E-state index contributed by atoms with van der Waals surface area (Å²) in [6, 6.07) is 16.6. The molecule has 4 rings (SSSR count). The zero-order chi connectivity index (χ0) is 22.0. The number of halogens is 1. The van der Waals surface area contributed by atoms with Gasteiger partial charge in [-0.25, -0.2) is 4.98 Å². The van der Waals surface area contributed by atoms with Crippen LogP contribution in [0.2, 0.25) is 5.02 Å². The molecule has 0 spiro atoms. The van der Waals surface area contributed by atoms with Crippen molar-refractivity contribution in [1.82, 2.24) is 4.98 Å². The molecule has 7 nitrogen and oxygen atoms in total. The maximum Gasteiger partial charge on any atom is 1.00 e. The zero-order valence-corrected chi connectivity index (χ0v) is 22.9. The number of carboxylic acid groups (broad SMARTS) is 2. The van der Waals surface area contributed by atoms with E-state index in [1.165, 1.54) is 0 Å². The van der Waals surface area contributed by atoms with Crippen molar-refractivity contribution < 1.29 is 88.1 Å². The fourth-order valence-corrected chi connectivity index (χ4v) is 3.45. The third-order valence-electron chi connectivity index (χ3n) is 4.88. The van der Waals surface area contributed by atoms with Gasteiger partial charge in [-0.05, 0) is 66.1 Å². The third kappa shape index (κ3) is 6.73. The van der Waals surface area contributed by atoms with Crippen molar-refractivity contribution >= 4 is 45.4 Å². The van der Waals surface area contributed by atoms with Crippen LogP contribution in [0.1, 0.15) is 12.8 Å². The minimum atomic E-state index is -1.65. The van der Waals surface area contributed by atoms with Crippen molar-refractivity contribution in [2.24, 2.45) is 5.92 Å². The Morgan fingerprint density at radius 2 is 1.67 bits per heavy atom. The summed E-state index contributed by atoms with van der Waals surface area (Å²) in [4.78, 5) is 26.0. The molecular weight excluding hydrogens is 468 g/mol. The van der Waals surface area contributed by atoms with E-state index in [0.29, 0.717) is 27.8 Å². The topological polar surface area (TPSA) is 116 Å². The van der Waals surface area contributed by atoms with Crippen molar-refractivity contribution in [3.8, 4) is 17.2 Å². The van der Waals surface area contributed by atoms with Gasteiger partial charge in [-0.2, -0.15) is 0 Å². The van der Waals surface area contributed by atoms with Crippen LogP contribution in [0.15, 0.2) is 59.0 Å². The number of fused-ring (bicyclic) bond motifs is 2. The summed E-state index contributed by atoms with van der Waals surface area (Å²) in [7, 11) is 0. The van der Waals surface area contributed by atoms with Gasteiger partial charge in [0.05, 0.1) is 18.5 Å². The summed E-state index contributed by atoms with van der Waals surface area (Å²) >= 11 is 6.00. The SMILES string of the molecule is O=C([O-])C(CCCOc1ccc2cc(-c3nc4cc(Cl)ccc4o3)ccc2c1)C(=O)[O-].[Na+].[Na+]. The summed E-state index contributed by atoms with van der Waals surface area (Å²) in [5.41, 5.74) is 2.16. The molecule has 0 bridgehead atoms. The van der Waals surface area contributed by atoms with Crippen LogP contribution in [0.4, 0.5) is 0 Å². The molecule has 0 amide bonds. The number of ether oxygens (including phenoxy) is 1. The fourth-order valence-electron chi connectivity index (χ4n) is 3.28. The van der Waals surface area contributed by atoms with Crippen LogP contribution in [0, 0.1) is 5.92 Å². The number of benzene rings is 3. The quantitative estimate of drug-likeness (QED) is 0.146. The molecule has 10 heteroatoms. The predicted octanol–water partition coefficient (Wildman–Crippen LogP) is -3.42. The monoisotopic (exact) mass is 483 g/mol. The molecule has 0 aliphatic heterocycles. The number of carbonyl (C=O) groups is 2. The van der Waals surface area contributed by atoms with Crippen molar-refractivity contribution in [1.29, 1.82) is 0 Å². The molecule has 0 radical (unpaired) electrons. The second-order valence-corrected chi connectivity index (χ2v) is 7.47. The summed E-state index contributed by atoms with van der Waals surface area (Å²) in [6.45, 7) is 0.173. The van der Waals surface area contributed by atoms with Gasteiger partial charge in [0.1, 0.15) is 11.3 Å². The molecule has 0 aliphatic rings. The smallest absolute Gasteiger partial charge is 0.549 e. The van der Waals surface area contributed by atoms with E-state index in [1.54, 1.807) is 24.3 Å². The van der Waals surface area contributed by atoms with E-state index in [4.69, 9.17) is 20.8 Å². The van der Waals surface area contributed by atoms with Crippen LogP contribution in [-0.2, 0) is 9.59 Å². The Hall–Kier alpha value is -1.58. The van der Waals surface area contributed by atoms with Crippen molar-refractivity contribution in [3.05, 3.63) is 59.6 Å². The molecule has 0 fully saturated rings. The van der Waals surface area contributed by atoms with Crippen LogP contribution >= 0.6 is 11.6 Å². The Bertz CT molecular complexity index is 1280. The molecule has 0 saturated heterocycles. The summed E-state index contributed by atoms with van der Waals surface area (Å²) < 4.78 is 11.4. The van der Waals surface area contributed by atoms with E-state index >= 15 is 0 Å². The van der Waals surface area contributed by atoms with E-state index in [0.717, 1.165) is 16.3 Å². The largest absolute Gasteiger partial charge is 1.00 e. The van der Waals surface area contributed by atoms with Crippen molar-refractivity contribution in [2.75, 3.05) is 6.61 Å².